The van der Waals surface area contributed by atoms with Crippen molar-refractivity contribution in [3.8, 4) is 0 Å². The van der Waals surface area contributed by atoms with Gasteiger partial charge in [-0.2, -0.15) is 0 Å². The molecule has 0 amide bonds. The molecule has 12 atom stereocenters. The van der Waals surface area contributed by atoms with Gasteiger partial charge in [-0.3, -0.25) is 14.5 Å². The topological polar surface area (TPSA) is 94.5 Å². The van der Waals surface area contributed by atoms with Crippen LogP contribution in [0.1, 0.15) is 52.9 Å². The quantitative estimate of drug-likeness (QED) is 0.564. The summed E-state index contributed by atoms with van der Waals surface area (Å²) in [6.45, 7) is 7.67. The number of methoxy groups -OCH3 is 2. The first-order valence-corrected chi connectivity index (χ1v) is 13.5. The number of hydrogen-bond acceptors (Lipinski definition) is 8. The van der Waals surface area contributed by atoms with Gasteiger partial charge in [0.2, 0.25) is 0 Å². The van der Waals surface area contributed by atoms with Crippen molar-refractivity contribution in [3.63, 3.8) is 0 Å². The Morgan fingerprint density at radius 2 is 1.89 bits per heavy atom. The first-order valence-electron chi connectivity index (χ1n) is 13.5. The van der Waals surface area contributed by atoms with Crippen LogP contribution in [-0.2, 0) is 28.5 Å². The average molecular weight is 492 g/mol. The smallest absolute Gasteiger partial charge is 0.303 e. The highest BCUT2D eigenvalue weighted by atomic mass is 16.6. The van der Waals surface area contributed by atoms with E-state index in [2.05, 4.69) is 11.8 Å². The van der Waals surface area contributed by atoms with Crippen LogP contribution in [-0.4, -0.2) is 85.8 Å². The molecular formula is C27H41NO7. The number of carbonyl (C=O) groups excluding carboxylic acids is 2. The molecular weight excluding hydrogens is 450 g/mol. The summed E-state index contributed by atoms with van der Waals surface area (Å²) in [6.07, 6.45) is 3.10. The van der Waals surface area contributed by atoms with Crippen molar-refractivity contribution < 1.29 is 33.6 Å². The molecule has 35 heavy (non-hydrogen) atoms. The molecule has 1 spiro atoms. The van der Waals surface area contributed by atoms with Crippen LogP contribution in [0.15, 0.2) is 0 Å². The van der Waals surface area contributed by atoms with Crippen molar-refractivity contribution in [2.24, 2.45) is 40.4 Å². The molecule has 1 aliphatic heterocycles. The number of aliphatic hydroxyl groups is 1. The Morgan fingerprint density at radius 3 is 2.51 bits per heavy atom. The van der Waals surface area contributed by atoms with Gasteiger partial charge in [0.1, 0.15) is 11.7 Å². The zero-order valence-corrected chi connectivity index (χ0v) is 21.7. The molecule has 0 aromatic heterocycles. The highest BCUT2D eigenvalue weighted by Crippen LogP contribution is 2.79. The normalized spacial score (nSPS) is 53.4. The number of piperidine rings is 1. The molecule has 6 rings (SSSR count). The van der Waals surface area contributed by atoms with Gasteiger partial charge in [-0.25, -0.2) is 0 Å². The third kappa shape index (κ3) is 2.78. The summed E-state index contributed by atoms with van der Waals surface area (Å²) in [4.78, 5) is 27.6. The number of carbonyl (C=O) groups is 2. The highest BCUT2D eigenvalue weighted by molar-refractivity contribution is 5.67. The number of likely N-dealkylation sites (tertiary alicyclic amines) is 1. The Bertz CT molecular complexity index is 912. The molecule has 1 N–H and O–H groups in total. The van der Waals surface area contributed by atoms with Crippen molar-refractivity contribution in [2.75, 3.05) is 33.9 Å². The average Bonchev–Trinajstić information content (AvgIpc) is 3.24. The van der Waals surface area contributed by atoms with Crippen LogP contribution in [0.5, 0.6) is 0 Å². The lowest BCUT2D eigenvalue weighted by Crippen LogP contribution is -2.76. The number of esters is 2. The van der Waals surface area contributed by atoms with Crippen LogP contribution in [0.25, 0.3) is 0 Å². The van der Waals surface area contributed by atoms with E-state index in [0.717, 1.165) is 38.8 Å². The number of hydrogen-bond donors (Lipinski definition) is 1. The summed E-state index contributed by atoms with van der Waals surface area (Å²) in [5.74, 6) is -0.248. The van der Waals surface area contributed by atoms with Gasteiger partial charge in [-0.05, 0) is 44.1 Å². The molecule has 6 aliphatic rings. The monoisotopic (exact) mass is 491 g/mol. The second-order valence-electron chi connectivity index (χ2n) is 12.4. The molecule has 0 aromatic rings. The van der Waals surface area contributed by atoms with Crippen molar-refractivity contribution in [1.82, 2.24) is 4.90 Å². The molecule has 6 fully saturated rings. The molecule has 1 heterocycles. The van der Waals surface area contributed by atoms with Crippen molar-refractivity contribution >= 4 is 11.9 Å². The van der Waals surface area contributed by atoms with Gasteiger partial charge in [0, 0.05) is 75.7 Å². The molecule has 8 nitrogen and oxygen atoms in total. The van der Waals surface area contributed by atoms with Crippen molar-refractivity contribution in [3.05, 3.63) is 0 Å². The van der Waals surface area contributed by atoms with Crippen LogP contribution in [0.2, 0.25) is 0 Å². The van der Waals surface area contributed by atoms with Gasteiger partial charge in [0.05, 0.1) is 18.8 Å². The number of aliphatic hydroxyl groups excluding tert-OH is 1. The Labute approximate surface area is 208 Å². The Hall–Kier alpha value is -1.22. The second-order valence-corrected chi connectivity index (χ2v) is 12.4. The summed E-state index contributed by atoms with van der Waals surface area (Å²) in [7, 11) is 3.50. The van der Waals surface area contributed by atoms with Crippen LogP contribution < -0.4 is 0 Å². The Morgan fingerprint density at radius 1 is 1.11 bits per heavy atom. The number of fused-ring (bicyclic) bond motifs is 2. The molecule has 196 valence electrons. The number of rotatable bonds is 6. The molecule has 5 aliphatic carbocycles. The lowest BCUT2D eigenvalue weighted by molar-refractivity contribution is -0.278. The molecule has 0 aromatic carbocycles. The molecule has 7 bridgehead atoms. The van der Waals surface area contributed by atoms with E-state index in [-0.39, 0.29) is 70.6 Å². The fraction of sp³-hybridized carbons (Fsp3) is 0.926. The van der Waals surface area contributed by atoms with Gasteiger partial charge in [-0.1, -0.05) is 6.92 Å². The minimum absolute atomic E-state index is 0.0268. The maximum absolute atomic E-state index is 12.7. The Balaban J connectivity index is 1.59. The SMILES string of the molecule is CCN1C[C@@]2(COC)CC[C@H](O)[C@]34[C@@H]5C[C@H]6[C@@H](OC(C)=O)[C@@H]5[C@](OC(C)=O)(C[C@H]6OC)[C@H](C[C@@H]23)[C@H]14. The second kappa shape index (κ2) is 7.89. The largest absolute Gasteiger partial charge is 0.462 e. The lowest BCUT2D eigenvalue weighted by Gasteiger charge is -2.69. The van der Waals surface area contributed by atoms with Gasteiger partial charge in [0.15, 0.2) is 0 Å². The molecule has 1 saturated heterocycles. The minimum Gasteiger partial charge on any atom is -0.462 e. The summed E-state index contributed by atoms with van der Waals surface area (Å²) in [5.41, 5.74) is -1.12. The fourth-order valence-electron chi connectivity index (χ4n) is 11.1. The molecule has 0 unspecified atom stereocenters. The van der Waals surface area contributed by atoms with E-state index in [1.54, 1.807) is 14.2 Å². The summed E-state index contributed by atoms with van der Waals surface area (Å²) in [5, 5.41) is 12.0. The fourth-order valence-corrected chi connectivity index (χ4v) is 11.1. The van der Waals surface area contributed by atoms with Crippen LogP contribution in [0.4, 0.5) is 0 Å². The highest BCUT2D eigenvalue weighted by Gasteiger charge is 2.85. The van der Waals surface area contributed by atoms with Crippen LogP contribution >= 0.6 is 0 Å². The van der Waals surface area contributed by atoms with E-state index in [9.17, 15) is 14.7 Å². The predicted octanol–water partition coefficient (Wildman–Crippen LogP) is 2.02. The van der Waals surface area contributed by atoms with Crippen LogP contribution in [0.3, 0.4) is 0 Å². The van der Waals surface area contributed by atoms with E-state index in [1.807, 2.05) is 0 Å². The van der Waals surface area contributed by atoms with E-state index < -0.39 is 11.7 Å². The first-order chi connectivity index (χ1) is 16.7. The number of nitrogens with zero attached hydrogens (tertiary/aromatic N) is 1. The van der Waals surface area contributed by atoms with Gasteiger partial charge in [-0.15, -0.1) is 0 Å². The molecule has 5 saturated carbocycles. The predicted molar refractivity (Wildman–Crippen MR) is 125 cm³/mol. The maximum Gasteiger partial charge on any atom is 0.303 e. The zero-order valence-electron chi connectivity index (χ0n) is 21.7. The molecule has 0 radical (unpaired) electrons. The third-order valence-electron chi connectivity index (χ3n) is 11.5. The molecule has 8 heteroatoms. The summed E-state index contributed by atoms with van der Waals surface area (Å²) >= 11 is 0. The number of ether oxygens (including phenoxy) is 4. The minimum atomic E-state index is -0.770. The van der Waals surface area contributed by atoms with Gasteiger partial charge in [0.25, 0.3) is 0 Å². The third-order valence-corrected chi connectivity index (χ3v) is 11.5. The standard InChI is InChI=1S/C27H41NO7/c1-6-28-12-25(13-32-4)8-7-21(31)27-17-9-16-19(33-5)11-26(35-15(3)30,18(24(27)28)10-20(25)27)22(17)23(16)34-14(2)29/h16-24,31H,6-13H2,1-5H3/t16-,17-,18-,19-,20+,21+,22-,23-,24+,25-,26+,27+/m1/s1. The maximum atomic E-state index is 12.7. The Kier molecular flexibility index (Phi) is 5.44. The van der Waals surface area contributed by atoms with Crippen molar-refractivity contribution in [2.45, 2.75) is 82.8 Å². The van der Waals surface area contributed by atoms with Crippen LogP contribution in [0, 0.1) is 40.4 Å². The first kappa shape index (κ1) is 24.1. The van der Waals surface area contributed by atoms with E-state index in [1.165, 1.54) is 13.8 Å². The summed E-state index contributed by atoms with van der Waals surface area (Å²) in [6, 6.07) is 0.130. The van der Waals surface area contributed by atoms with Gasteiger partial charge >= 0.3 is 11.9 Å². The zero-order chi connectivity index (χ0) is 24.9. The van der Waals surface area contributed by atoms with E-state index in [0.29, 0.717) is 13.0 Å². The lowest BCUT2D eigenvalue weighted by atomic mass is 9.43. The summed E-state index contributed by atoms with van der Waals surface area (Å²) < 4.78 is 24.4. The van der Waals surface area contributed by atoms with Gasteiger partial charge < -0.3 is 24.1 Å². The van der Waals surface area contributed by atoms with Crippen molar-refractivity contribution in [1.29, 1.82) is 0 Å². The van der Waals surface area contributed by atoms with E-state index >= 15 is 0 Å². The van der Waals surface area contributed by atoms with E-state index in [4.69, 9.17) is 18.9 Å².